The summed E-state index contributed by atoms with van der Waals surface area (Å²) in [6, 6.07) is 14.4. The van der Waals surface area contributed by atoms with Crippen LogP contribution >= 0.6 is 0 Å². The number of rotatable bonds is 9. The molecule has 1 amide bonds. The maximum atomic E-state index is 13.1. The normalized spacial score (nSPS) is 17.3. The highest BCUT2D eigenvalue weighted by atomic mass is 32.2. The lowest BCUT2D eigenvalue weighted by Gasteiger charge is -2.34. The van der Waals surface area contributed by atoms with Gasteiger partial charge in [-0.2, -0.15) is 4.31 Å². The molecule has 168 valence electrons. The molecule has 3 rings (SSSR count). The molecule has 1 heterocycles. The number of ether oxygens (including phenoxy) is 1. The van der Waals surface area contributed by atoms with Crippen molar-refractivity contribution in [1.29, 1.82) is 0 Å². The number of hydrogen-bond acceptors (Lipinski definition) is 4. The van der Waals surface area contributed by atoms with Gasteiger partial charge in [0.15, 0.2) is 0 Å². The number of nitrogens with zero attached hydrogens (tertiary/aromatic N) is 1. The van der Waals surface area contributed by atoms with Crippen molar-refractivity contribution in [2.45, 2.75) is 56.9 Å². The first-order valence-corrected chi connectivity index (χ1v) is 12.4. The summed E-state index contributed by atoms with van der Waals surface area (Å²) in [5.41, 5.74) is 1.95. The Morgan fingerprint density at radius 2 is 1.81 bits per heavy atom. The third-order valence-electron chi connectivity index (χ3n) is 5.60. The molecule has 1 unspecified atom stereocenters. The number of benzene rings is 2. The van der Waals surface area contributed by atoms with Crippen LogP contribution in [0.1, 0.15) is 43.7 Å². The number of hydrogen-bond donors (Lipinski definition) is 1. The predicted octanol–water partition coefficient (Wildman–Crippen LogP) is 3.69. The molecule has 0 aliphatic carbocycles. The minimum absolute atomic E-state index is 0.0621. The second-order valence-electron chi connectivity index (χ2n) is 7.97. The Balaban J connectivity index is 1.54. The first kappa shape index (κ1) is 23.3. The quantitative estimate of drug-likeness (QED) is 0.640. The van der Waals surface area contributed by atoms with E-state index in [9.17, 15) is 13.2 Å². The van der Waals surface area contributed by atoms with Gasteiger partial charge in [0.2, 0.25) is 15.9 Å². The summed E-state index contributed by atoms with van der Waals surface area (Å²) in [7, 11) is -3.53. The fourth-order valence-corrected chi connectivity index (χ4v) is 5.64. The van der Waals surface area contributed by atoms with Crippen molar-refractivity contribution in [3.8, 4) is 5.75 Å². The molecule has 0 spiro atoms. The van der Waals surface area contributed by atoms with Crippen molar-refractivity contribution in [2.75, 3.05) is 19.7 Å². The Bertz CT molecular complexity index is 956. The SMILES string of the molecule is CCOc1ccc(CC(=O)NCCC2CCCCN2S(=O)(=O)c2ccc(C)cc2)cc1. The average Bonchev–Trinajstić information content (AvgIpc) is 2.76. The molecule has 1 N–H and O–H groups in total. The molecule has 1 atom stereocenters. The minimum atomic E-state index is -3.53. The second-order valence-corrected chi connectivity index (χ2v) is 9.86. The lowest BCUT2D eigenvalue weighted by Crippen LogP contribution is -2.45. The number of sulfonamides is 1. The highest BCUT2D eigenvalue weighted by Gasteiger charge is 2.33. The molecule has 1 aliphatic rings. The summed E-state index contributed by atoms with van der Waals surface area (Å²) in [6.45, 7) is 5.47. The zero-order valence-corrected chi connectivity index (χ0v) is 19.2. The molecule has 0 aromatic heterocycles. The summed E-state index contributed by atoms with van der Waals surface area (Å²) in [6.07, 6.45) is 3.60. The van der Waals surface area contributed by atoms with E-state index in [1.807, 2.05) is 50.2 Å². The Morgan fingerprint density at radius 1 is 1.10 bits per heavy atom. The third-order valence-corrected chi connectivity index (χ3v) is 7.57. The van der Waals surface area contributed by atoms with E-state index in [1.54, 1.807) is 16.4 Å². The molecule has 1 fully saturated rings. The summed E-state index contributed by atoms with van der Waals surface area (Å²) in [5.74, 6) is 0.728. The van der Waals surface area contributed by atoms with Crippen molar-refractivity contribution in [3.63, 3.8) is 0 Å². The van der Waals surface area contributed by atoms with Gasteiger partial charge in [0.25, 0.3) is 0 Å². The summed E-state index contributed by atoms with van der Waals surface area (Å²) in [5, 5.41) is 2.95. The number of carbonyl (C=O) groups is 1. The van der Waals surface area contributed by atoms with Crippen molar-refractivity contribution in [1.82, 2.24) is 9.62 Å². The van der Waals surface area contributed by atoms with Crippen molar-refractivity contribution < 1.29 is 17.9 Å². The van der Waals surface area contributed by atoms with Gasteiger partial charge in [-0.1, -0.05) is 36.2 Å². The van der Waals surface area contributed by atoms with E-state index in [0.29, 0.717) is 37.4 Å². The maximum Gasteiger partial charge on any atom is 0.243 e. The first-order chi connectivity index (χ1) is 14.9. The Morgan fingerprint density at radius 3 is 2.48 bits per heavy atom. The maximum absolute atomic E-state index is 13.1. The zero-order chi connectivity index (χ0) is 22.3. The topological polar surface area (TPSA) is 75.7 Å². The van der Waals surface area contributed by atoms with Crippen LogP contribution < -0.4 is 10.1 Å². The van der Waals surface area contributed by atoms with Gasteiger partial charge < -0.3 is 10.1 Å². The third kappa shape index (κ3) is 6.31. The highest BCUT2D eigenvalue weighted by molar-refractivity contribution is 7.89. The van der Waals surface area contributed by atoms with Gasteiger partial charge in [0.1, 0.15) is 5.75 Å². The molecule has 0 saturated carbocycles. The molecular weight excluding hydrogens is 412 g/mol. The summed E-state index contributed by atoms with van der Waals surface area (Å²) >= 11 is 0. The van der Waals surface area contributed by atoms with Gasteiger partial charge >= 0.3 is 0 Å². The number of amides is 1. The molecular formula is C24H32N2O4S. The van der Waals surface area contributed by atoms with Gasteiger partial charge in [-0.05, 0) is 62.9 Å². The minimum Gasteiger partial charge on any atom is -0.494 e. The van der Waals surface area contributed by atoms with Gasteiger partial charge in [-0.25, -0.2) is 8.42 Å². The Labute approximate surface area is 185 Å². The first-order valence-electron chi connectivity index (χ1n) is 11.0. The number of nitrogens with one attached hydrogen (secondary N) is 1. The monoisotopic (exact) mass is 444 g/mol. The van der Waals surface area contributed by atoms with Crippen LogP contribution in [-0.4, -0.2) is 44.4 Å². The summed E-state index contributed by atoms with van der Waals surface area (Å²) in [4.78, 5) is 12.7. The molecule has 2 aromatic rings. The molecule has 2 aromatic carbocycles. The van der Waals surface area contributed by atoms with Gasteiger partial charge in [-0.3, -0.25) is 4.79 Å². The summed E-state index contributed by atoms with van der Waals surface area (Å²) < 4.78 is 33.3. The molecule has 31 heavy (non-hydrogen) atoms. The fraction of sp³-hybridized carbons (Fsp3) is 0.458. The number of carbonyl (C=O) groups excluding carboxylic acids is 1. The predicted molar refractivity (Wildman–Crippen MR) is 122 cm³/mol. The average molecular weight is 445 g/mol. The van der Waals surface area contributed by atoms with Crippen LogP contribution in [-0.2, 0) is 21.2 Å². The van der Waals surface area contributed by atoms with E-state index in [-0.39, 0.29) is 11.9 Å². The van der Waals surface area contributed by atoms with Gasteiger partial charge in [0, 0.05) is 19.1 Å². The lowest BCUT2D eigenvalue weighted by atomic mass is 10.0. The second kappa shape index (κ2) is 10.8. The van der Waals surface area contributed by atoms with Crippen LogP contribution in [0.5, 0.6) is 5.75 Å². The van der Waals surface area contributed by atoms with Crippen molar-refractivity contribution >= 4 is 15.9 Å². The molecule has 1 saturated heterocycles. The van der Waals surface area contributed by atoms with E-state index in [1.165, 1.54) is 0 Å². The van der Waals surface area contributed by atoms with Crippen LogP contribution in [0.4, 0.5) is 0 Å². The van der Waals surface area contributed by atoms with E-state index < -0.39 is 10.0 Å². The van der Waals surface area contributed by atoms with E-state index >= 15 is 0 Å². The van der Waals surface area contributed by atoms with Crippen LogP contribution in [0.2, 0.25) is 0 Å². The van der Waals surface area contributed by atoms with Crippen LogP contribution in [0.15, 0.2) is 53.4 Å². The van der Waals surface area contributed by atoms with Crippen molar-refractivity contribution in [3.05, 3.63) is 59.7 Å². The Kier molecular flexibility index (Phi) is 8.09. The van der Waals surface area contributed by atoms with Crippen molar-refractivity contribution in [2.24, 2.45) is 0 Å². The Hall–Kier alpha value is -2.38. The lowest BCUT2D eigenvalue weighted by molar-refractivity contribution is -0.120. The fourth-order valence-electron chi connectivity index (χ4n) is 3.92. The highest BCUT2D eigenvalue weighted by Crippen LogP contribution is 2.27. The molecule has 7 heteroatoms. The van der Waals surface area contributed by atoms with E-state index in [2.05, 4.69) is 5.32 Å². The van der Waals surface area contributed by atoms with E-state index in [4.69, 9.17) is 4.74 Å². The van der Waals surface area contributed by atoms with Gasteiger partial charge in [0.05, 0.1) is 17.9 Å². The van der Waals surface area contributed by atoms with E-state index in [0.717, 1.165) is 36.1 Å². The standard InChI is InChI=1S/C24H32N2O4S/c1-3-30-22-11-9-20(10-12-22)18-24(27)25-16-15-21-6-4-5-17-26(21)31(28,29)23-13-7-19(2)8-14-23/h7-14,21H,3-6,15-18H2,1-2H3,(H,25,27). The van der Waals surface area contributed by atoms with Crippen LogP contribution in [0.25, 0.3) is 0 Å². The van der Waals surface area contributed by atoms with Crippen LogP contribution in [0.3, 0.4) is 0 Å². The molecule has 0 radical (unpaired) electrons. The molecule has 1 aliphatic heterocycles. The number of piperidine rings is 1. The molecule has 6 nitrogen and oxygen atoms in total. The smallest absolute Gasteiger partial charge is 0.243 e. The van der Waals surface area contributed by atoms with Gasteiger partial charge in [-0.15, -0.1) is 0 Å². The number of aryl methyl sites for hydroxylation is 1. The molecule has 0 bridgehead atoms. The zero-order valence-electron chi connectivity index (χ0n) is 18.3. The van der Waals surface area contributed by atoms with Crippen LogP contribution in [0, 0.1) is 6.92 Å². The largest absolute Gasteiger partial charge is 0.494 e.